The van der Waals surface area contributed by atoms with E-state index in [2.05, 4.69) is 32.7 Å². The molecule has 1 rings (SSSR count). The molecular weight excluding hydrogens is 204 g/mol. The van der Waals surface area contributed by atoms with Crippen LogP contribution in [-0.2, 0) is 9.47 Å². The van der Waals surface area contributed by atoms with Gasteiger partial charge in [0.1, 0.15) is 0 Å². The van der Waals surface area contributed by atoms with Crippen molar-refractivity contribution in [2.45, 2.75) is 32.9 Å². The highest BCUT2D eigenvalue weighted by molar-refractivity contribution is 4.91. The van der Waals surface area contributed by atoms with Gasteiger partial charge in [0.25, 0.3) is 0 Å². The average molecular weight is 230 g/mol. The lowest BCUT2D eigenvalue weighted by Crippen LogP contribution is -2.46. The van der Waals surface area contributed by atoms with Gasteiger partial charge in [0.15, 0.2) is 0 Å². The highest BCUT2D eigenvalue weighted by Gasteiger charge is 2.38. The Kier molecular flexibility index (Phi) is 5.18. The highest BCUT2D eigenvalue weighted by atomic mass is 16.5. The van der Waals surface area contributed by atoms with Gasteiger partial charge in [-0.05, 0) is 20.9 Å². The molecule has 1 saturated heterocycles. The Morgan fingerprint density at radius 1 is 1.56 bits per heavy atom. The first kappa shape index (κ1) is 13.9. The molecule has 1 heterocycles. The Morgan fingerprint density at radius 2 is 2.25 bits per heavy atom. The summed E-state index contributed by atoms with van der Waals surface area (Å²) >= 11 is 0. The summed E-state index contributed by atoms with van der Waals surface area (Å²) in [5.41, 5.74) is 6.15. The first-order valence-corrected chi connectivity index (χ1v) is 6.07. The van der Waals surface area contributed by atoms with E-state index in [-0.39, 0.29) is 11.5 Å². The molecule has 0 aliphatic carbocycles. The molecule has 1 aliphatic rings. The Bertz CT molecular complexity index is 211. The van der Waals surface area contributed by atoms with Crippen LogP contribution < -0.4 is 5.73 Å². The lowest BCUT2D eigenvalue weighted by molar-refractivity contribution is 0.0528. The number of hydrogen-bond donors (Lipinski definition) is 1. The van der Waals surface area contributed by atoms with Crippen LogP contribution in [0.2, 0.25) is 0 Å². The van der Waals surface area contributed by atoms with Crippen LogP contribution in [0, 0.1) is 5.41 Å². The van der Waals surface area contributed by atoms with E-state index in [9.17, 15) is 0 Å². The minimum atomic E-state index is 0.0899. The molecule has 0 radical (unpaired) electrons. The molecule has 16 heavy (non-hydrogen) atoms. The minimum Gasteiger partial charge on any atom is -0.379 e. The van der Waals surface area contributed by atoms with Gasteiger partial charge < -0.3 is 20.1 Å². The molecule has 2 atom stereocenters. The van der Waals surface area contributed by atoms with Crippen molar-refractivity contribution in [2.24, 2.45) is 11.1 Å². The van der Waals surface area contributed by atoms with Gasteiger partial charge in [0.2, 0.25) is 0 Å². The fourth-order valence-corrected chi connectivity index (χ4v) is 2.03. The second-order valence-electron chi connectivity index (χ2n) is 5.43. The van der Waals surface area contributed by atoms with Crippen LogP contribution in [0.25, 0.3) is 0 Å². The number of nitrogens with zero attached hydrogens (tertiary/aromatic N) is 1. The van der Waals surface area contributed by atoms with Gasteiger partial charge in [-0.1, -0.05) is 6.92 Å². The number of nitrogens with two attached hydrogens (primary N) is 1. The van der Waals surface area contributed by atoms with Crippen LogP contribution in [0.5, 0.6) is 0 Å². The Labute approximate surface area is 99.1 Å². The minimum absolute atomic E-state index is 0.0899. The molecule has 2 N–H and O–H groups in total. The number of hydrogen-bond acceptors (Lipinski definition) is 4. The Hall–Kier alpha value is -0.160. The predicted octanol–water partition coefficient (Wildman–Crippen LogP) is 0.707. The molecule has 0 spiro atoms. The molecule has 96 valence electrons. The van der Waals surface area contributed by atoms with Crippen molar-refractivity contribution in [1.29, 1.82) is 0 Å². The molecule has 2 unspecified atom stereocenters. The van der Waals surface area contributed by atoms with E-state index >= 15 is 0 Å². The van der Waals surface area contributed by atoms with Gasteiger partial charge >= 0.3 is 0 Å². The van der Waals surface area contributed by atoms with Crippen molar-refractivity contribution < 1.29 is 9.47 Å². The summed E-state index contributed by atoms with van der Waals surface area (Å²) in [5.74, 6) is 0. The molecule has 1 fully saturated rings. The largest absolute Gasteiger partial charge is 0.379 e. The number of likely N-dealkylation sites (N-methyl/N-ethyl adjacent to an activating group) is 1. The van der Waals surface area contributed by atoms with Crippen molar-refractivity contribution >= 4 is 0 Å². The van der Waals surface area contributed by atoms with Gasteiger partial charge in [-0.3, -0.25) is 0 Å². The summed E-state index contributed by atoms with van der Waals surface area (Å²) < 4.78 is 11.0. The molecule has 0 aromatic rings. The van der Waals surface area contributed by atoms with Gasteiger partial charge in [-0.2, -0.15) is 0 Å². The van der Waals surface area contributed by atoms with Crippen LogP contribution in [0.15, 0.2) is 0 Å². The molecular formula is C12H26N2O2. The van der Waals surface area contributed by atoms with Crippen LogP contribution >= 0.6 is 0 Å². The zero-order valence-electron chi connectivity index (χ0n) is 11.0. The molecule has 0 bridgehead atoms. The van der Waals surface area contributed by atoms with E-state index < -0.39 is 0 Å². The smallest absolute Gasteiger partial charge is 0.0624 e. The van der Waals surface area contributed by atoms with Crippen molar-refractivity contribution in [3.8, 4) is 0 Å². The standard InChI is InChI=1S/C12H26N2O2/c1-10(2)16-6-5-14(4)8-12(3)9-15-7-11(12)13/h10-11H,5-9,13H2,1-4H3. The van der Waals surface area contributed by atoms with E-state index in [1.165, 1.54) is 0 Å². The fraction of sp³-hybridized carbons (Fsp3) is 1.00. The van der Waals surface area contributed by atoms with Crippen LogP contribution in [0.1, 0.15) is 20.8 Å². The van der Waals surface area contributed by atoms with Gasteiger partial charge in [0, 0.05) is 24.5 Å². The summed E-state index contributed by atoms with van der Waals surface area (Å²) in [5, 5.41) is 0. The average Bonchev–Trinajstić information content (AvgIpc) is 2.46. The van der Waals surface area contributed by atoms with Crippen molar-refractivity contribution in [2.75, 3.05) is 40.0 Å². The summed E-state index contributed by atoms with van der Waals surface area (Å²) in [6.07, 6.45) is 0.307. The van der Waals surface area contributed by atoms with Gasteiger partial charge in [-0.25, -0.2) is 0 Å². The van der Waals surface area contributed by atoms with Crippen molar-refractivity contribution in [3.05, 3.63) is 0 Å². The molecule has 0 aromatic heterocycles. The second-order valence-corrected chi connectivity index (χ2v) is 5.43. The molecule has 0 aromatic carbocycles. The molecule has 1 aliphatic heterocycles. The molecule has 0 saturated carbocycles. The maximum atomic E-state index is 6.06. The zero-order chi connectivity index (χ0) is 12.2. The van der Waals surface area contributed by atoms with E-state index in [1.807, 2.05) is 0 Å². The third-order valence-corrected chi connectivity index (χ3v) is 3.18. The van der Waals surface area contributed by atoms with Crippen LogP contribution in [0.4, 0.5) is 0 Å². The second kappa shape index (κ2) is 5.96. The Morgan fingerprint density at radius 3 is 2.75 bits per heavy atom. The molecule has 4 heteroatoms. The summed E-state index contributed by atoms with van der Waals surface area (Å²) in [4.78, 5) is 2.27. The van der Waals surface area contributed by atoms with Gasteiger partial charge in [0.05, 0.1) is 25.9 Å². The van der Waals surface area contributed by atoms with E-state index in [0.29, 0.717) is 12.7 Å². The maximum absolute atomic E-state index is 6.06. The van der Waals surface area contributed by atoms with E-state index in [0.717, 1.165) is 26.3 Å². The van der Waals surface area contributed by atoms with Crippen molar-refractivity contribution in [3.63, 3.8) is 0 Å². The normalized spacial score (nSPS) is 30.6. The number of ether oxygens (including phenoxy) is 2. The summed E-state index contributed by atoms with van der Waals surface area (Å²) in [7, 11) is 2.11. The predicted molar refractivity (Wildman–Crippen MR) is 65.5 cm³/mol. The maximum Gasteiger partial charge on any atom is 0.0624 e. The quantitative estimate of drug-likeness (QED) is 0.730. The molecule has 0 amide bonds. The third-order valence-electron chi connectivity index (χ3n) is 3.18. The summed E-state index contributed by atoms with van der Waals surface area (Å²) in [6.45, 7) is 10.5. The lowest BCUT2D eigenvalue weighted by atomic mass is 9.85. The highest BCUT2D eigenvalue weighted by Crippen LogP contribution is 2.27. The molecule has 4 nitrogen and oxygen atoms in total. The first-order chi connectivity index (χ1) is 7.44. The lowest BCUT2D eigenvalue weighted by Gasteiger charge is -2.32. The van der Waals surface area contributed by atoms with E-state index in [4.69, 9.17) is 15.2 Å². The first-order valence-electron chi connectivity index (χ1n) is 6.07. The summed E-state index contributed by atoms with van der Waals surface area (Å²) in [6, 6.07) is 0.154. The zero-order valence-corrected chi connectivity index (χ0v) is 11.0. The third kappa shape index (κ3) is 4.01. The number of rotatable bonds is 6. The van der Waals surface area contributed by atoms with Gasteiger partial charge in [-0.15, -0.1) is 0 Å². The van der Waals surface area contributed by atoms with Crippen LogP contribution in [0.3, 0.4) is 0 Å². The topological polar surface area (TPSA) is 47.7 Å². The Balaban J connectivity index is 2.25. The van der Waals surface area contributed by atoms with E-state index in [1.54, 1.807) is 0 Å². The monoisotopic (exact) mass is 230 g/mol. The fourth-order valence-electron chi connectivity index (χ4n) is 2.03. The van der Waals surface area contributed by atoms with Crippen molar-refractivity contribution in [1.82, 2.24) is 4.90 Å². The van der Waals surface area contributed by atoms with Crippen LogP contribution in [-0.4, -0.2) is 57.0 Å². The SMILES string of the molecule is CC(C)OCCN(C)CC1(C)COCC1N.